The summed E-state index contributed by atoms with van der Waals surface area (Å²) in [6.07, 6.45) is 14.3. The third kappa shape index (κ3) is 11.2. The van der Waals surface area contributed by atoms with E-state index in [1.807, 2.05) is 0 Å². The molecule has 0 aliphatic heterocycles. The molecule has 7 heteroatoms. The Morgan fingerprint density at radius 1 is 0.812 bits per heavy atom. The summed E-state index contributed by atoms with van der Waals surface area (Å²) in [7, 11) is -4.27. The van der Waals surface area contributed by atoms with Crippen LogP contribution in [0, 0.1) is 0 Å². The SMILES string of the molecule is CCCCCCCCCCCCCc1cc(S(=O)(=O)O)ccc1Oc1ccc([O-])cc1.[Na+]. The number of benzene rings is 2. The van der Waals surface area contributed by atoms with Gasteiger partial charge < -0.3 is 9.84 Å². The summed E-state index contributed by atoms with van der Waals surface area (Å²) in [6, 6.07) is 10.4. The van der Waals surface area contributed by atoms with E-state index in [9.17, 15) is 18.1 Å². The molecule has 2 aromatic carbocycles. The topological polar surface area (TPSA) is 86.7 Å². The summed E-state index contributed by atoms with van der Waals surface area (Å²) < 4.78 is 38.3. The van der Waals surface area contributed by atoms with E-state index in [1.165, 1.54) is 75.6 Å². The van der Waals surface area contributed by atoms with Crippen molar-refractivity contribution in [3.05, 3.63) is 48.0 Å². The Bertz CT molecular complexity index is 882. The number of aryl methyl sites for hydroxylation is 1. The largest absolute Gasteiger partial charge is 1.00 e. The van der Waals surface area contributed by atoms with Crippen LogP contribution in [-0.4, -0.2) is 13.0 Å². The van der Waals surface area contributed by atoms with Crippen molar-refractivity contribution < 1.29 is 52.4 Å². The number of unbranched alkanes of at least 4 members (excludes halogenated alkanes) is 10. The first kappa shape index (κ1) is 29.0. The molecule has 1 N–H and O–H groups in total. The Balaban J connectivity index is 0.00000512. The average Bonchev–Trinajstić information content (AvgIpc) is 2.74. The predicted octanol–water partition coefficient (Wildman–Crippen LogP) is 3.66. The van der Waals surface area contributed by atoms with Crippen LogP contribution in [0.15, 0.2) is 47.4 Å². The van der Waals surface area contributed by atoms with Gasteiger partial charge in [0.05, 0.1) is 4.90 Å². The van der Waals surface area contributed by atoms with Gasteiger partial charge in [0.15, 0.2) is 0 Å². The van der Waals surface area contributed by atoms with Crippen LogP contribution in [0.25, 0.3) is 0 Å². The average molecular weight is 471 g/mol. The molecule has 32 heavy (non-hydrogen) atoms. The molecule has 0 fully saturated rings. The third-order valence-corrected chi connectivity index (χ3v) is 6.28. The Hall–Kier alpha value is -1.05. The summed E-state index contributed by atoms with van der Waals surface area (Å²) >= 11 is 0. The Labute approximate surface area is 215 Å². The summed E-state index contributed by atoms with van der Waals surface area (Å²) in [5, 5.41) is 11.3. The smallest absolute Gasteiger partial charge is 0.872 e. The number of ether oxygens (including phenoxy) is 1. The Kier molecular flexibility index (Phi) is 14.2. The van der Waals surface area contributed by atoms with Gasteiger partial charge >= 0.3 is 29.6 Å². The molecule has 0 atom stereocenters. The fraction of sp³-hybridized carbons (Fsp3) is 0.520. The summed E-state index contributed by atoms with van der Waals surface area (Å²) in [5.74, 6) is 0.952. The van der Waals surface area contributed by atoms with Crippen molar-refractivity contribution in [1.82, 2.24) is 0 Å². The van der Waals surface area contributed by atoms with Crippen LogP contribution in [-0.2, 0) is 16.5 Å². The molecular weight excluding hydrogens is 435 g/mol. The molecule has 0 aromatic heterocycles. The first-order valence-corrected chi connectivity index (χ1v) is 12.9. The number of hydrogen-bond donors (Lipinski definition) is 1. The van der Waals surface area contributed by atoms with Gasteiger partial charge in [-0.3, -0.25) is 4.55 Å². The molecule has 0 heterocycles. The van der Waals surface area contributed by atoms with Crippen LogP contribution in [0.2, 0.25) is 0 Å². The molecule has 0 bridgehead atoms. The minimum Gasteiger partial charge on any atom is -0.872 e. The van der Waals surface area contributed by atoms with Gasteiger partial charge in [-0.15, -0.1) is 5.75 Å². The van der Waals surface area contributed by atoms with E-state index in [2.05, 4.69) is 6.92 Å². The first-order valence-electron chi connectivity index (χ1n) is 11.5. The van der Waals surface area contributed by atoms with Gasteiger partial charge in [-0.1, -0.05) is 83.3 Å². The molecule has 0 aliphatic carbocycles. The van der Waals surface area contributed by atoms with Crippen LogP contribution in [0.1, 0.15) is 83.1 Å². The molecule has 0 radical (unpaired) electrons. The zero-order valence-corrected chi connectivity index (χ0v) is 22.3. The molecule has 0 amide bonds. The summed E-state index contributed by atoms with van der Waals surface area (Å²) in [5.41, 5.74) is 0.734. The van der Waals surface area contributed by atoms with Crippen molar-refractivity contribution in [3.63, 3.8) is 0 Å². The minimum absolute atomic E-state index is 0. The van der Waals surface area contributed by atoms with E-state index in [0.29, 0.717) is 17.9 Å². The van der Waals surface area contributed by atoms with Crippen LogP contribution < -0.4 is 39.4 Å². The molecule has 0 aliphatic rings. The van der Waals surface area contributed by atoms with Gasteiger partial charge in [0.1, 0.15) is 11.5 Å². The van der Waals surface area contributed by atoms with Crippen molar-refractivity contribution in [1.29, 1.82) is 0 Å². The van der Waals surface area contributed by atoms with Crippen LogP contribution >= 0.6 is 0 Å². The van der Waals surface area contributed by atoms with Crippen molar-refractivity contribution in [2.75, 3.05) is 0 Å². The summed E-state index contributed by atoms with van der Waals surface area (Å²) in [6.45, 7) is 2.24. The normalized spacial score (nSPS) is 11.2. The van der Waals surface area contributed by atoms with Gasteiger partial charge in [-0.2, -0.15) is 8.42 Å². The van der Waals surface area contributed by atoms with E-state index in [-0.39, 0.29) is 40.2 Å². The minimum atomic E-state index is -4.27. The van der Waals surface area contributed by atoms with E-state index < -0.39 is 10.1 Å². The fourth-order valence-corrected chi connectivity index (χ4v) is 4.16. The van der Waals surface area contributed by atoms with Crippen LogP contribution in [0.5, 0.6) is 17.2 Å². The second kappa shape index (κ2) is 15.7. The Morgan fingerprint density at radius 3 is 1.88 bits per heavy atom. The van der Waals surface area contributed by atoms with E-state index >= 15 is 0 Å². The second-order valence-electron chi connectivity index (χ2n) is 8.10. The van der Waals surface area contributed by atoms with Crippen LogP contribution in [0.4, 0.5) is 0 Å². The third-order valence-electron chi connectivity index (χ3n) is 5.43. The molecule has 2 rings (SSSR count). The van der Waals surface area contributed by atoms with Crippen molar-refractivity contribution in [2.45, 2.75) is 88.9 Å². The fourth-order valence-electron chi connectivity index (χ4n) is 3.63. The van der Waals surface area contributed by atoms with Gasteiger partial charge in [0.25, 0.3) is 10.1 Å². The monoisotopic (exact) mass is 470 g/mol. The molecule has 0 spiro atoms. The maximum absolute atomic E-state index is 11.5. The molecule has 0 saturated heterocycles. The first-order chi connectivity index (χ1) is 14.9. The summed E-state index contributed by atoms with van der Waals surface area (Å²) in [4.78, 5) is -0.132. The van der Waals surface area contributed by atoms with Crippen molar-refractivity contribution >= 4 is 10.1 Å². The maximum atomic E-state index is 11.5. The quantitative estimate of drug-likeness (QED) is 0.244. The van der Waals surface area contributed by atoms with E-state index in [1.54, 1.807) is 18.2 Å². The van der Waals surface area contributed by atoms with Gasteiger partial charge in [0, 0.05) is 0 Å². The van der Waals surface area contributed by atoms with Crippen LogP contribution in [0.3, 0.4) is 0 Å². The van der Waals surface area contributed by atoms with Crippen molar-refractivity contribution in [3.8, 4) is 17.2 Å². The van der Waals surface area contributed by atoms with Gasteiger partial charge in [-0.25, -0.2) is 0 Å². The zero-order chi connectivity index (χ0) is 22.5. The van der Waals surface area contributed by atoms with Gasteiger partial charge in [0.2, 0.25) is 0 Å². The number of hydrogen-bond acceptors (Lipinski definition) is 4. The Morgan fingerprint density at radius 2 is 1.34 bits per heavy atom. The maximum Gasteiger partial charge on any atom is 1.00 e. The molecule has 2 aromatic rings. The molecule has 0 saturated carbocycles. The van der Waals surface area contributed by atoms with Crippen molar-refractivity contribution in [2.24, 2.45) is 0 Å². The second-order valence-corrected chi connectivity index (χ2v) is 9.53. The standard InChI is InChI=1S/C25H36O5S.Na/c1-2-3-4-5-6-7-8-9-10-11-12-13-21-20-24(31(27,28)29)18-19-25(21)30-23-16-14-22(26)15-17-23;/h14-20,26H,2-13H2,1H3,(H,27,28,29);/q;+1/p-1. The van der Waals surface area contributed by atoms with E-state index in [0.717, 1.165) is 24.8 Å². The number of rotatable bonds is 15. The zero-order valence-electron chi connectivity index (χ0n) is 19.5. The molecular formula is C25H35NaO5S. The predicted molar refractivity (Wildman–Crippen MR) is 122 cm³/mol. The van der Waals surface area contributed by atoms with E-state index in [4.69, 9.17) is 4.74 Å². The molecule has 172 valence electrons. The van der Waals surface area contributed by atoms with Gasteiger partial charge in [-0.05, 0) is 48.7 Å². The molecule has 0 unspecified atom stereocenters. The molecule has 5 nitrogen and oxygen atoms in total.